The molecule has 94 valence electrons. The molecule has 0 aromatic carbocycles. The van der Waals surface area contributed by atoms with E-state index >= 15 is 0 Å². The molecule has 1 aliphatic heterocycles. The number of hydrogen-bond acceptors (Lipinski definition) is 5. The summed E-state index contributed by atoms with van der Waals surface area (Å²) in [5.41, 5.74) is 0. The molecular formula is C11H18N4O2. The van der Waals surface area contributed by atoms with E-state index in [0.717, 1.165) is 25.3 Å². The molecule has 0 bridgehead atoms. The third-order valence-electron chi connectivity index (χ3n) is 2.77. The van der Waals surface area contributed by atoms with Gasteiger partial charge in [0.25, 0.3) is 0 Å². The molecule has 1 fully saturated rings. The van der Waals surface area contributed by atoms with Gasteiger partial charge in [0.15, 0.2) is 5.78 Å². The summed E-state index contributed by atoms with van der Waals surface area (Å²) < 4.78 is 7.07. The lowest BCUT2D eigenvalue weighted by Gasteiger charge is -2.22. The van der Waals surface area contributed by atoms with Gasteiger partial charge in [0.2, 0.25) is 0 Å². The second kappa shape index (κ2) is 5.88. The molecule has 0 amide bonds. The maximum absolute atomic E-state index is 12.0. The number of nitrogens with zero attached hydrogens (tertiary/aromatic N) is 3. The summed E-state index contributed by atoms with van der Waals surface area (Å²) in [5.74, 6) is 0.860. The highest BCUT2D eigenvalue weighted by Crippen LogP contribution is 2.02. The molecule has 17 heavy (non-hydrogen) atoms. The Labute approximate surface area is 100 Å². The standard InChI is InChI=1S/C11H18N4O2/c1-2-4-15-11(13-8-14-15)6-10(16)9-7-17-5-3-12-9/h8-9,12H,2-7H2,1H3. The van der Waals surface area contributed by atoms with E-state index < -0.39 is 0 Å². The van der Waals surface area contributed by atoms with Gasteiger partial charge in [-0.25, -0.2) is 9.67 Å². The highest BCUT2D eigenvalue weighted by molar-refractivity contribution is 5.85. The first-order chi connectivity index (χ1) is 8.31. The van der Waals surface area contributed by atoms with Crippen LogP contribution in [-0.2, 0) is 22.5 Å². The number of ether oxygens (including phenoxy) is 1. The maximum atomic E-state index is 12.0. The Morgan fingerprint density at radius 1 is 1.71 bits per heavy atom. The molecule has 2 heterocycles. The van der Waals surface area contributed by atoms with Crippen LogP contribution in [0.2, 0.25) is 0 Å². The summed E-state index contributed by atoms with van der Waals surface area (Å²) in [6, 6.07) is -0.199. The zero-order valence-corrected chi connectivity index (χ0v) is 10.1. The quantitative estimate of drug-likeness (QED) is 0.768. The zero-order chi connectivity index (χ0) is 12.1. The predicted molar refractivity (Wildman–Crippen MR) is 61.6 cm³/mol. The molecule has 0 aliphatic carbocycles. The highest BCUT2D eigenvalue weighted by atomic mass is 16.5. The van der Waals surface area contributed by atoms with Crippen molar-refractivity contribution in [3.63, 3.8) is 0 Å². The van der Waals surface area contributed by atoms with Crippen LogP contribution in [0.1, 0.15) is 19.2 Å². The van der Waals surface area contributed by atoms with Gasteiger partial charge in [0.05, 0.1) is 25.7 Å². The fourth-order valence-electron chi connectivity index (χ4n) is 1.87. The first-order valence-electron chi connectivity index (χ1n) is 6.01. The van der Waals surface area contributed by atoms with Crippen LogP contribution in [0.4, 0.5) is 0 Å². The minimum Gasteiger partial charge on any atom is -0.378 e. The Bertz CT molecular complexity index is 371. The lowest BCUT2D eigenvalue weighted by Crippen LogP contribution is -2.47. The highest BCUT2D eigenvalue weighted by Gasteiger charge is 2.22. The molecule has 1 aromatic heterocycles. The average Bonchev–Trinajstić information content (AvgIpc) is 2.78. The summed E-state index contributed by atoms with van der Waals surface area (Å²) in [6.07, 6.45) is 2.80. The fourth-order valence-corrected chi connectivity index (χ4v) is 1.87. The summed E-state index contributed by atoms with van der Waals surface area (Å²) in [6.45, 7) is 4.75. The largest absolute Gasteiger partial charge is 0.378 e. The van der Waals surface area contributed by atoms with Crippen LogP contribution in [0.25, 0.3) is 0 Å². The number of carbonyl (C=O) groups is 1. The van der Waals surface area contributed by atoms with Crippen molar-refractivity contribution in [3.05, 3.63) is 12.2 Å². The molecule has 0 spiro atoms. The van der Waals surface area contributed by atoms with E-state index in [0.29, 0.717) is 19.6 Å². The summed E-state index contributed by atoms with van der Waals surface area (Å²) in [4.78, 5) is 16.1. The Morgan fingerprint density at radius 3 is 3.29 bits per heavy atom. The minimum absolute atomic E-state index is 0.120. The molecule has 6 nitrogen and oxygen atoms in total. The Morgan fingerprint density at radius 2 is 2.59 bits per heavy atom. The SMILES string of the molecule is CCCn1ncnc1CC(=O)C1COCCN1. The van der Waals surface area contributed by atoms with E-state index in [-0.39, 0.29) is 11.8 Å². The van der Waals surface area contributed by atoms with Crippen LogP contribution < -0.4 is 5.32 Å². The second-order valence-electron chi connectivity index (χ2n) is 4.12. The minimum atomic E-state index is -0.199. The molecule has 1 aliphatic rings. The van der Waals surface area contributed by atoms with E-state index in [4.69, 9.17) is 4.74 Å². The first kappa shape index (κ1) is 12.2. The zero-order valence-electron chi connectivity index (χ0n) is 10.1. The van der Waals surface area contributed by atoms with Gasteiger partial charge in [-0.05, 0) is 6.42 Å². The van der Waals surface area contributed by atoms with Gasteiger partial charge in [0, 0.05) is 13.1 Å². The number of morpholine rings is 1. The van der Waals surface area contributed by atoms with Crippen molar-refractivity contribution in [3.8, 4) is 0 Å². The number of ketones is 1. The first-order valence-corrected chi connectivity index (χ1v) is 6.01. The third kappa shape index (κ3) is 3.10. The Kier molecular flexibility index (Phi) is 4.22. The smallest absolute Gasteiger partial charge is 0.159 e. The van der Waals surface area contributed by atoms with E-state index in [2.05, 4.69) is 22.3 Å². The molecule has 2 rings (SSSR count). The van der Waals surface area contributed by atoms with Crippen LogP contribution >= 0.6 is 0 Å². The second-order valence-corrected chi connectivity index (χ2v) is 4.12. The van der Waals surface area contributed by atoms with Gasteiger partial charge in [-0.1, -0.05) is 6.92 Å². The van der Waals surface area contributed by atoms with Crippen molar-refractivity contribution in [2.45, 2.75) is 32.4 Å². The van der Waals surface area contributed by atoms with Gasteiger partial charge in [-0.15, -0.1) is 0 Å². The van der Waals surface area contributed by atoms with E-state index in [1.54, 1.807) is 4.68 Å². The van der Waals surface area contributed by atoms with Crippen LogP contribution in [0, 0.1) is 0 Å². The van der Waals surface area contributed by atoms with Crippen molar-refractivity contribution >= 4 is 5.78 Å². The fraction of sp³-hybridized carbons (Fsp3) is 0.727. The Balaban J connectivity index is 1.94. The number of nitrogens with one attached hydrogen (secondary N) is 1. The number of aryl methyl sites for hydroxylation is 1. The number of carbonyl (C=O) groups excluding carboxylic acids is 1. The summed E-state index contributed by atoms with van der Waals surface area (Å²) in [7, 11) is 0. The topological polar surface area (TPSA) is 69.0 Å². The van der Waals surface area contributed by atoms with Gasteiger partial charge >= 0.3 is 0 Å². The number of rotatable bonds is 5. The molecule has 1 unspecified atom stereocenters. The molecule has 0 saturated carbocycles. The van der Waals surface area contributed by atoms with Crippen LogP contribution in [-0.4, -0.2) is 46.3 Å². The molecule has 1 aromatic rings. The van der Waals surface area contributed by atoms with Crippen molar-refractivity contribution in [1.29, 1.82) is 0 Å². The predicted octanol–water partition coefficient (Wildman–Crippen LogP) is -0.212. The van der Waals surface area contributed by atoms with Crippen molar-refractivity contribution in [2.24, 2.45) is 0 Å². The van der Waals surface area contributed by atoms with E-state index in [1.165, 1.54) is 6.33 Å². The maximum Gasteiger partial charge on any atom is 0.159 e. The molecule has 0 radical (unpaired) electrons. The summed E-state index contributed by atoms with van der Waals surface area (Å²) in [5, 5.41) is 7.26. The number of hydrogen-bond donors (Lipinski definition) is 1. The third-order valence-corrected chi connectivity index (χ3v) is 2.77. The molecule has 6 heteroatoms. The molecule has 1 saturated heterocycles. The van der Waals surface area contributed by atoms with Gasteiger partial charge in [-0.3, -0.25) is 4.79 Å². The van der Waals surface area contributed by atoms with Crippen molar-refractivity contribution in [2.75, 3.05) is 19.8 Å². The normalized spacial score (nSPS) is 20.4. The van der Waals surface area contributed by atoms with Gasteiger partial charge in [0.1, 0.15) is 12.2 Å². The monoisotopic (exact) mass is 238 g/mol. The number of aromatic nitrogens is 3. The Hall–Kier alpha value is -1.27. The summed E-state index contributed by atoms with van der Waals surface area (Å²) >= 11 is 0. The molecule has 1 N–H and O–H groups in total. The average molecular weight is 238 g/mol. The number of Topliss-reactive ketones (excluding diaryl/α,β-unsaturated/α-hetero) is 1. The van der Waals surface area contributed by atoms with E-state index in [9.17, 15) is 4.79 Å². The molecule has 1 atom stereocenters. The van der Waals surface area contributed by atoms with Crippen LogP contribution in [0.5, 0.6) is 0 Å². The molecular weight excluding hydrogens is 220 g/mol. The lowest BCUT2D eigenvalue weighted by molar-refractivity contribution is -0.123. The van der Waals surface area contributed by atoms with Crippen LogP contribution in [0.3, 0.4) is 0 Å². The van der Waals surface area contributed by atoms with E-state index in [1.807, 2.05) is 0 Å². The van der Waals surface area contributed by atoms with Gasteiger partial charge < -0.3 is 10.1 Å². The van der Waals surface area contributed by atoms with Gasteiger partial charge in [-0.2, -0.15) is 5.10 Å². The van der Waals surface area contributed by atoms with Crippen LogP contribution in [0.15, 0.2) is 6.33 Å². The lowest BCUT2D eigenvalue weighted by atomic mass is 10.1. The van der Waals surface area contributed by atoms with Crippen molar-refractivity contribution in [1.82, 2.24) is 20.1 Å². The van der Waals surface area contributed by atoms with Crippen molar-refractivity contribution < 1.29 is 9.53 Å².